The van der Waals surface area contributed by atoms with Crippen molar-refractivity contribution in [1.29, 1.82) is 0 Å². The highest BCUT2D eigenvalue weighted by Crippen LogP contribution is 2.11. The van der Waals surface area contributed by atoms with E-state index in [1.54, 1.807) is 0 Å². The van der Waals surface area contributed by atoms with Gasteiger partial charge in [0.2, 0.25) is 0 Å². The first kappa shape index (κ1) is 12.2. The zero-order chi connectivity index (χ0) is 10.3. The zero-order valence-corrected chi connectivity index (χ0v) is 8.84. The maximum absolute atomic E-state index is 10.3. The van der Waals surface area contributed by atoms with E-state index in [9.17, 15) is 4.79 Å². The minimum absolute atomic E-state index is 0.753. The van der Waals surface area contributed by atoms with Crippen molar-refractivity contribution in [3.05, 3.63) is 11.6 Å². The largest absolute Gasteiger partial charge is 0.478 e. The van der Waals surface area contributed by atoms with Crippen molar-refractivity contribution in [3.8, 4) is 0 Å². The zero-order valence-electron chi connectivity index (χ0n) is 8.84. The number of aliphatic carboxylic acids is 1. The van der Waals surface area contributed by atoms with E-state index < -0.39 is 5.97 Å². The van der Waals surface area contributed by atoms with Gasteiger partial charge in [-0.2, -0.15) is 0 Å². The van der Waals surface area contributed by atoms with Crippen LogP contribution in [0.2, 0.25) is 0 Å². The van der Waals surface area contributed by atoms with E-state index in [0.717, 1.165) is 24.3 Å². The molecule has 0 heterocycles. The van der Waals surface area contributed by atoms with Crippen molar-refractivity contribution in [1.82, 2.24) is 0 Å². The Hall–Kier alpha value is -0.790. The van der Waals surface area contributed by atoms with Crippen LogP contribution >= 0.6 is 0 Å². The van der Waals surface area contributed by atoms with Crippen LogP contribution in [0.5, 0.6) is 0 Å². The summed E-state index contributed by atoms with van der Waals surface area (Å²) in [5.41, 5.74) is 0.969. The van der Waals surface area contributed by atoms with Crippen molar-refractivity contribution in [2.24, 2.45) is 5.92 Å². The lowest BCUT2D eigenvalue weighted by Gasteiger charge is -2.03. The van der Waals surface area contributed by atoms with E-state index in [1.165, 1.54) is 18.9 Å². The molecule has 13 heavy (non-hydrogen) atoms. The van der Waals surface area contributed by atoms with Crippen molar-refractivity contribution >= 4 is 5.97 Å². The number of carboxylic acids is 1. The van der Waals surface area contributed by atoms with Gasteiger partial charge < -0.3 is 5.11 Å². The number of allylic oxidation sites excluding steroid dienone is 1. The lowest BCUT2D eigenvalue weighted by atomic mass is 10.0. The predicted octanol–water partition coefficient (Wildman–Crippen LogP) is 3.23. The molecule has 0 spiro atoms. The number of carbonyl (C=O) groups is 1. The third-order valence-electron chi connectivity index (χ3n) is 1.97. The van der Waals surface area contributed by atoms with Gasteiger partial charge in [-0.3, -0.25) is 0 Å². The molecule has 0 fully saturated rings. The average molecular weight is 184 g/mol. The summed E-state index contributed by atoms with van der Waals surface area (Å²) in [7, 11) is 0. The Morgan fingerprint density at radius 2 is 2.00 bits per heavy atom. The molecule has 2 heteroatoms. The van der Waals surface area contributed by atoms with Gasteiger partial charge in [0, 0.05) is 6.08 Å². The lowest BCUT2D eigenvalue weighted by Crippen LogP contribution is -1.91. The lowest BCUT2D eigenvalue weighted by molar-refractivity contribution is -0.131. The molecule has 0 saturated heterocycles. The Kier molecular flexibility index (Phi) is 6.29. The molecular weight excluding hydrogens is 164 g/mol. The molecule has 0 aromatic heterocycles. The average Bonchev–Trinajstić information content (AvgIpc) is 1.96. The Bertz CT molecular complexity index is 181. The van der Waals surface area contributed by atoms with Crippen molar-refractivity contribution in [2.75, 3.05) is 0 Å². The first-order valence-corrected chi connectivity index (χ1v) is 4.92. The number of rotatable bonds is 6. The second-order valence-corrected chi connectivity index (χ2v) is 3.97. The Balaban J connectivity index is 3.48. The smallest absolute Gasteiger partial charge is 0.328 e. The number of carboxylic acid groups (broad SMARTS) is 1. The van der Waals surface area contributed by atoms with Crippen LogP contribution < -0.4 is 0 Å². The summed E-state index contributed by atoms with van der Waals surface area (Å²) in [4.78, 5) is 10.3. The van der Waals surface area contributed by atoms with Gasteiger partial charge in [0.15, 0.2) is 0 Å². The molecule has 0 atom stereocenters. The molecule has 0 radical (unpaired) electrons. The van der Waals surface area contributed by atoms with Crippen molar-refractivity contribution in [3.63, 3.8) is 0 Å². The van der Waals surface area contributed by atoms with E-state index in [1.807, 2.05) is 6.92 Å². The van der Waals surface area contributed by atoms with Crippen LogP contribution in [0.3, 0.4) is 0 Å². The Morgan fingerprint density at radius 3 is 2.46 bits per heavy atom. The normalized spacial score (nSPS) is 12.2. The molecule has 0 rings (SSSR count). The number of unbranched alkanes of at least 4 members (excludes halogenated alkanes) is 1. The number of hydrogen-bond acceptors (Lipinski definition) is 1. The summed E-state index contributed by atoms with van der Waals surface area (Å²) >= 11 is 0. The van der Waals surface area contributed by atoms with E-state index in [2.05, 4.69) is 13.8 Å². The standard InChI is InChI=1S/C11H20O2/c1-9(2)6-4-5-7-10(3)8-11(12)13/h8-9H,4-7H2,1-3H3,(H,12,13). The molecular formula is C11H20O2. The van der Waals surface area contributed by atoms with E-state index in [-0.39, 0.29) is 0 Å². The fraction of sp³-hybridized carbons (Fsp3) is 0.727. The predicted molar refractivity (Wildman–Crippen MR) is 54.7 cm³/mol. The van der Waals surface area contributed by atoms with Gasteiger partial charge in [0.05, 0.1) is 0 Å². The molecule has 0 aliphatic carbocycles. The fourth-order valence-electron chi connectivity index (χ4n) is 1.24. The molecule has 0 unspecified atom stereocenters. The fourth-order valence-corrected chi connectivity index (χ4v) is 1.24. The van der Waals surface area contributed by atoms with Crippen LogP contribution in [-0.4, -0.2) is 11.1 Å². The second-order valence-electron chi connectivity index (χ2n) is 3.97. The third-order valence-corrected chi connectivity index (χ3v) is 1.97. The first-order valence-electron chi connectivity index (χ1n) is 4.92. The van der Waals surface area contributed by atoms with Crippen LogP contribution in [0.1, 0.15) is 46.5 Å². The summed E-state index contributed by atoms with van der Waals surface area (Å²) in [5, 5.41) is 8.45. The summed E-state index contributed by atoms with van der Waals surface area (Å²) < 4.78 is 0. The van der Waals surface area contributed by atoms with Gasteiger partial charge in [-0.1, -0.05) is 32.3 Å². The molecule has 0 amide bonds. The van der Waals surface area contributed by atoms with Crippen LogP contribution in [0.4, 0.5) is 0 Å². The van der Waals surface area contributed by atoms with Crippen molar-refractivity contribution in [2.45, 2.75) is 46.5 Å². The molecule has 1 N–H and O–H groups in total. The highest BCUT2D eigenvalue weighted by atomic mass is 16.4. The molecule has 0 aliphatic heterocycles. The van der Waals surface area contributed by atoms with Gasteiger partial charge in [0.25, 0.3) is 0 Å². The highest BCUT2D eigenvalue weighted by molar-refractivity contribution is 5.80. The van der Waals surface area contributed by atoms with Gasteiger partial charge >= 0.3 is 5.97 Å². The quantitative estimate of drug-likeness (QED) is 0.508. The van der Waals surface area contributed by atoms with Crippen molar-refractivity contribution < 1.29 is 9.90 Å². The molecule has 76 valence electrons. The third kappa shape index (κ3) is 9.12. The maximum atomic E-state index is 10.3. The molecule has 0 bridgehead atoms. The Morgan fingerprint density at radius 1 is 1.38 bits per heavy atom. The topological polar surface area (TPSA) is 37.3 Å². The van der Waals surface area contributed by atoms with Gasteiger partial charge in [-0.15, -0.1) is 0 Å². The highest BCUT2D eigenvalue weighted by Gasteiger charge is 1.96. The van der Waals surface area contributed by atoms with E-state index >= 15 is 0 Å². The van der Waals surface area contributed by atoms with Gasteiger partial charge in [-0.05, 0) is 25.7 Å². The first-order chi connectivity index (χ1) is 6.02. The van der Waals surface area contributed by atoms with E-state index in [0.29, 0.717) is 0 Å². The minimum atomic E-state index is -0.832. The monoisotopic (exact) mass is 184 g/mol. The molecule has 0 aromatic carbocycles. The summed E-state index contributed by atoms with van der Waals surface area (Å²) in [5.74, 6) is -0.0786. The van der Waals surface area contributed by atoms with Gasteiger partial charge in [0.1, 0.15) is 0 Å². The molecule has 2 nitrogen and oxygen atoms in total. The SMILES string of the molecule is CC(=CC(=O)O)CCCCC(C)C. The number of hydrogen-bond donors (Lipinski definition) is 1. The molecule has 0 aromatic rings. The summed E-state index contributed by atoms with van der Waals surface area (Å²) in [6, 6.07) is 0. The van der Waals surface area contributed by atoms with Gasteiger partial charge in [-0.25, -0.2) is 4.79 Å². The van der Waals surface area contributed by atoms with Crippen LogP contribution in [-0.2, 0) is 4.79 Å². The summed E-state index contributed by atoms with van der Waals surface area (Å²) in [6.07, 6.45) is 5.75. The minimum Gasteiger partial charge on any atom is -0.478 e. The Labute approximate surface area is 80.7 Å². The summed E-state index contributed by atoms with van der Waals surface area (Å²) in [6.45, 7) is 6.30. The van der Waals surface area contributed by atoms with Crippen LogP contribution in [0, 0.1) is 5.92 Å². The molecule has 0 saturated carbocycles. The maximum Gasteiger partial charge on any atom is 0.328 e. The van der Waals surface area contributed by atoms with Crippen LogP contribution in [0.15, 0.2) is 11.6 Å². The van der Waals surface area contributed by atoms with Crippen LogP contribution in [0.25, 0.3) is 0 Å². The molecule has 0 aliphatic rings. The van der Waals surface area contributed by atoms with E-state index in [4.69, 9.17) is 5.11 Å². The second kappa shape index (κ2) is 6.70.